The molecule has 1 aromatic heterocycles. The summed E-state index contributed by atoms with van der Waals surface area (Å²) in [7, 11) is 0. The van der Waals surface area contributed by atoms with Crippen LogP contribution in [0.4, 0.5) is 0 Å². The smallest absolute Gasteiger partial charge is 0.275 e. The third-order valence-electron chi connectivity index (χ3n) is 5.05. The summed E-state index contributed by atoms with van der Waals surface area (Å²) < 4.78 is 1.20. The molecule has 1 unspecified atom stereocenters. The summed E-state index contributed by atoms with van der Waals surface area (Å²) >= 11 is 1.73. The Balaban J connectivity index is 1.63. The summed E-state index contributed by atoms with van der Waals surface area (Å²) in [6, 6.07) is 7.94. The zero-order valence-corrected chi connectivity index (χ0v) is 16.9. The Hall–Kier alpha value is -1.99. The van der Waals surface area contributed by atoms with Crippen molar-refractivity contribution >= 4 is 33.4 Å². The van der Waals surface area contributed by atoms with Crippen LogP contribution < -0.4 is 15.5 Å². The lowest BCUT2D eigenvalue weighted by molar-refractivity contribution is -0.929. The average molecular weight is 390 g/mol. The fraction of sp³-hybridized carbons (Fsp3) is 0.550. The van der Waals surface area contributed by atoms with Crippen molar-refractivity contribution in [3.05, 3.63) is 29.3 Å². The predicted molar refractivity (Wildman–Crippen MR) is 108 cm³/mol. The molecule has 1 saturated heterocycles. The third-order valence-corrected chi connectivity index (χ3v) is 6.20. The van der Waals surface area contributed by atoms with Crippen LogP contribution in [0.1, 0.15) is 50.6 Å². The lowest BCUT2D eigenvalue weighted by Crippen LogP contribution is -3.14. The van der Waals surface area contributed by atoms with E-state index in [9.17, 15) is 9.59 Å². The Kier molecular flexibility index (Phi) is 6.79. The number of piperidine rings is 1. The molecule has 1 aliphatic heterocycles. The van der Waals surface area contributed by atoms with Crippen molar-refractivity contribution in [3.63, 3.8) is 0 Å². The van der Waals surface area contributed by atoms with Crippen LogP contribution in [-0.2, 0) is 9.59 Å². The molecule has 0 spiro atoms. The Morgan fingerprint density at radius 1 is 1.33 bits per heavy atom. The monoisotopic (exact) mass is 389 g/mol. The molecule has 1 aliphatic rings. The number of para-hydroxylation sites is 1. The van der Waals surface area contributed by atoms with Crippen LogP contribution in [0.5, 0.6) is 0 Å². The van der Waals surface area contributed by atoms with E-state index in [0.29, 0.717) is 13.1 Å². The maximum atomic E-state index is 12.5. The molecule has 0 radical (unpaired) electrons. The van der Waals surface area contributed by atoms with Crippen LogP contribution in [0.25, 0.3) is 10.2 Å². The Bertz CT molecular complexity index is 758. The van der Waals surface area contributed by atoms with Crippen LogP contribution in [0.2, 0.25) is 0 Å². The number of likely N-dealkylation sites (tertiary alicyclic amines) is 1. The molecular weight excluding hydrogens is 360 g/mol. The molecule has 1 fully saturated rings. The van der Waals surface area contributed by atoms with E-state index in [-0.39, 0.29) is 17.9 Å². The number of nitrogens with zero attached hydrogens (tertiary/aromatic N) is 1. The number of carbonyl (C=O) groups excluding carboxylic acids is 2. The number of hydrogen-bond acceptors (Lipinski definition) is 4. The van der Waals surface area contributed by atoms with Crippen molar-refractivity contribution in [2.45, 2.75) is 51.6 Å². The first-order valence-electron chi connectivity index (χ1n) is 9.85. The van der Waals surface area contributed by atoms with E-state index in [1.54, 1.807) is 18.3 Å². The highest BCUT2D eigenvalue weighted by atomic mass is 32.1. The van der Waals surface area contributed by atoms with E-state index >= 15 is 0 Å². The zero-order chi connectivity index (χ0) is 19.2. The van der Waals surface area contributed by atoms with Crippen LogP contribution in [-0.4, -0.2) is 42.5 Å². The van der Waals surface area contributed by atoms with E-state index in [1.807, 2.05) is 25.1 Å². The Morgan fingerprint density at radius 2 is 2.15 bits per heavy atom. The Morgan fingerprint density at radius 3 is 2.93 bits per heavy atom. The van der Waals surface area contributed by atoms with Crippen molar-refractivity contribution < 1.29 is 14.5 Å². The number of thiazole rings is 1. The molecule has 27 heavy (non-hydrogen) atoms. The van der Waals surface area contributed by atoms with Gasteiger partial charge >= 0.3 is 0 Å². The van der Waals surface area contributed by atoms with Crippen LogP contribution >= 0.6 is 11.3 Å². The molecule has 1 aromatic carbocycles. The van der Waals surface area contributed by atoms with Crippen molar-refractivity contribution in [1.82, 2.24) is 15.6 Å². The fourth-order valence-corrected chi connectivity index (χ4v) is 4.75. The molecular formula is C20H29N4O2S+. The molecule has 2 amide bonds. The van der Waals surface area contributed by atoms with E-state index in [2.05, 4.69) is 16.7 Å². The Labute approximate surface area is 164 Å². The van der Waals surface area contributed by atoms with Gasteiger partial charge in [-0.3, -0.25) is 9.59 Å². The number of amides is 2. The number of rotatable bonds is 7. The van der Waals surface area contributed by atoms with Gasteiger partial charge in [0.05, 0.1) is 16.8 Å². The van der Waals surface area contributed by atoms with E-state index < -0.39 is 6.04 Å². The number of benzene rings is 1. The molecule has 3 rings (SSSR count). The fourth-order valence-electron chi connectivity index (χ4n) is 3.59. The first kappa shape index (κ1) is 19.8. The number of quaternary nitrogens is 1. The second-order valence-electron chi connectivity index (χ2n) is 7.23. The molecule has 2 aromatic rings. The topological polar surface area (TPSA) is 75.5 Å². The van der Waals surface area contributed by atoms with Gasteiger partial charge in [0.2, 0.25) is 5.91 Å². The second kappa shape index (κ2) is 9.28. The third kappa shape index (κ3) is 5.05. The highest BCUT2D eigenvalue weighted by Crippen LogP contribution is 2.28. The van der Waals surface area contributed by atoms with E-state index in [1.165, 1.54) is 16.0 Å². The van der Waals surface area contributed by atoms with Gasteiger partial charge in [0, 0.05) is 13.0 Å². The lowest BCUT2D eigenvalue weighted by atomic mass is 10.0. The second-order valence-corrected chi connectivity index (χ2v) is 8.30. The minimum absolute atomic E-state index is 0.0721. The zero-order valence-electron chi connectivity index (χ0n) is 16.1. The largest absolute Gasteiger partial charge is 0.354 e. The van der Waals surface area contributed by atoms with Crippen molar-refractivity contribution in [1.29, 1.82) is 0 Å². The van der Waals surface area contributed by atoms with Gasteiger partial charge in [0.1, 0.15) is 12.1 Å². The SMILES string of the molecule is CCCNC(=O)[C@H](C)NC(=O)C[NH+]1CCCC[C@@H]1c1nc2ccccc2s1. The van der Waals surface area contributed by atoms with Crippen LogP contribution in [0.15, 0.2) is 24.3 Å². The molecule has 2 heterocycles. The molecule has 6 nitrogen and oxygen atoms in total. The maximum absolute atomic E-state index is 12.5. The van der Waals surface area contributed by atoms with E-state index in [4.69, 9.17) is 4.98 Å². The standard InChI is InChI=1S/C20H28N4O2S/c1-3-11-21-19(26)14(2)22-18(25)13-24-12-7-6-9-16(24)20-23-15-8-4-5-10-17(15)27-20/h4-5,8,10,14,16H,3,6-7,9,11-13H2,1-2H3,(H,21,26)(H,22,25)/p+1/t14-,16+/m0/s1. The number of hydrogen-bond donors (Lipinski definition) is 3. The van der Waals surface area contributed by atoms with Crippen molar-refractivity contribution in [3.8, 4) is 0 Å². The molecule has 3 atom stereocenters. The van der Waals surface area contributed by atoms with Gasteiger partial charge in [-0.25, -0.2) is 4.98 Å². The predicted octanol–water partition coefficient (Wildman–Crippen LogP) is 1.44. The molecule has 0 saturated carbocycles. The van der Waals surface area contributed by atoms with Gasteiger partial charge in [-0.1, -0.05) is 19.1 Å². The van der Waals surface area contributed by atoms with Gasteiger partial charge in [0.15, 0.2) is 11.6 Å². The molecule has 146 valence electrons. The van der Waals surface area contributed by atoms with Gasteiger partial charge in [-0.05, 0) is 38.3 Å². The maximum Gasteiger partial charge on any atom is 0.275 e. The van der Waals surface area contributed by atoms with Gasteiger partial charge in [-0.15, -0.1) is 11.3 Å². The van der Waals surface area contributed by atoms with Crippen LogP contribution in [0, 0.1) is 0 Å². The van der Waals surface area contributed by atoms with Crippen molar-refractivity contribution in [2.75, 3.05) is 19.6 Å². The van der Waals surface area contributed by atoms with Crippen LogP contribution in [0.3, 0.4) is 0 Å². The number of aromatic nitrogens is 1. The normalized spacial score (nSPS) is 21.0. The molecule has 0 aliphatic carbocycles. The summed E-state index contributed by atoms with van der Waals surface area (Å²) in [6.45, 7) is 5.72. The average Bonchev–Trinajstić information content (AvgIpc) is 3.10. The summed E-state index contributed by atoms with van der Waals surface area (Å²) in [5.41, 5.74) is 1.04. The number of nitrogens with one attached hydrogen (secondary N) is 3. The van der Waals surface area contributed by atoms with Gasteiger partial charge < -0.3 is 15.5 Å². The summed E-state index contributed by atoms with van der Waals surface area (Å²) in [4.78, 5) is 30.6. The highest BCUT2D eigenvalue weighted by molar-refractivity contribution is 7.18. The minimum atomic E-state index is -0.505. The van der Waals surface area contributed by atoms with Gasteiger partial charge in [0.25, 0.3) is 5.91 Å². The quantitative estimate of drug-likeness (QED) is 0.671. The lowest BCUT2D eigenvalue weighted by Gasteiger charge is -2.31. The van der Waals surface area contributed by atoms with Crippen molar-refractivity contribution in [2.24, 2.45) is 0 Å². The summed E-state index contributed by atoms with van der Waals surface area (Å²) in [6.07, 6.45) is 4.22. The summed E-state index contributed by atoms with van der Waals surface area (Å²) in [5, 5.41) is 6.79. The molecule has 7 heteroatoms. The first-order chi connectivity index (χ1) is 13.1. The van der Waals surface area contributed by atoms with E-state index in [0.717, 1.165) is 36.3 Å². The minimum Gasteiger partial charge on any atom is -0.354 e. The highest BCUT2D eigenvalue weighted by Gasteiger charge is 2.32. The number of carbonyl (C=O) groups is 2. The molecule has 3 N–H and O–H groups in total. The number of fused-ring (bicyclic) bond motifs is 1. The summed E-state index contributed by atoms with van der Waals surface area (Å²) in [5.74, 6) is -0.196. The molecule has 0 bridgehead atoms. The van der Waals surface area contributed by atoms with Gasteiger partial charge in [-0.2, -0.15) is 0 Å². The first-order valence-corrected chi connectivity index (χ1v) is 10.7.